The van der Waals surface area contributed by atoms with E-state index in [4.69, 9.17) is 21.8 Å². The maximum atomic E-state index is 12.8. The van der Waals surface area contributed by atoms with Crippen molar-refractivity contribution >= 4 is 28.8 Å². The minimum absolute atomic E-state index is 0.0451. The highest BCUT2D eigenvalue weighted by Crippen LogP contribution is 2.22. The van der Waals surface area contributed by atoms with Crippen LogP contribution in [0, 0.1) is 5.82 Å². The van der Waals surface area contributed by atoms with Gasteiger partial charge in [0.05, 0.1) is 0 Å². The van der Waals surface area contributed by atoms with E-state index in [9.17, 15) is 4.39 Å². The van der Waals surface area contributed by atoms with Gasteiger partial charge in [-0.3, -0.25) is 0 Å². The fraction of sp³-hybridized carbons (Fsp3) is 0.154. The van der Waals surface area contributed by atoms with Crippen molar-refractivity contribution in [3.8, 4) is 0 Å². The minimum Gasteiger partial charge on any atom is -0.422 e. The number of oxazole rings is 1. The Kier molecular flexibility index (Phi) is 3.23. The van der Waals surface area contributed by atoms with Crippen LogP contribution in [0.1, 0.15) is 11.5 Å². The van der Waals surface area contributed by atoms with Gasteiger partial charge in [0.15, 0.2) is 16.6 Å². The van der Waals surface area contributed by atoms with E-state index in [1.54, 1.807) is 12.1 Å². The summed E-state index contributed by atoms with van der Waals surface area (Å²) in [6.07, 6.45) is 1.23. The average molecular weight is 293 g/mol. The number of aryl methyl sites for hydroxylation is 2. The molecular formula is C13H10ClFN4O. The number of nitrogen functional groups attached to an aromatic ring is 1. The molecule has 0 radical (unpaired) electrons. The van der Waals surface area contributed by atoms with Gasteiger partial charge in [-0.1, -0.05) is 23.7 Å². The summed E-state index contributed by atoms with van der Waals surface area (Å²) < 4.78 is 18.3. The first kappa shape index (κ1) is 12.8. The summed E-state index contributed by atoms with van der Waals surface area (Å²) in [7, 11) is 0. The van der Waals surface area contributed by atoms with Gasteiger partial charge in [-0.05, 0) is 24.1 Å². The fourth-order valence-corrected chi connectivity index (χ4v) is 2.07. The minimum atomic E-state index is -0.256. The molecular weight excluding hydrogens is 283 g/mol. The van der Waals surface area contributed by atoms with Crippen molar-refractivity contribution < 1.29 is 8.81 Å². The highest BCUT2D eigenvalue weighted by Gasteiger charge is 2.12. The van der Waals surface area contributed by atoms with E-state index in [1.165, 1.54) is 12.1 Å². The molecule has 3 aromatic rings. The quantitative estimate of drug-likeness (QED) is 0.751. The van der Waals surface area contributed by atoms with Crippen LogP contribution in [0.5, 0.6) is 0 Å². The number of nitrogens with two attached hydrogens (primary N) is 1. The third-order valence-corrected chi connectivity index (χ3v) is 3.08. The van der Waals surface area contributed by atoms with Crippen molar-refractivity contribution in [2.75, 3.05) is 5.73 Å². The summed E-state index contributed by atoms with van der Waals surface area (Å²) in [5.41, 5.74) is 7.15. The third kappa shape index (κ3) is 2.55. The van der Waals surface area contributed by atoms with Crippen molar-refractivity contribution in [3.05, 3.63) is 46.7 Å². The molecule has 3 rings (SSSR count). The monoisotopic (exact) mass is 292 g/mol. The Hall–Kier alpha value is -2.21. The lowest BCUT2D eigenvalue weighted by Crippen LogP contribution is -1.94. The summed E-state index contributed by atoms with van der Waals surface area (Å²) in [4.78, 5) is 12.0. The van der Waals surface area contributed by atoms with Crippen molar-refractivity contribution in [2.24, 2.45) is 0 Å². The van der Waals surface area contributed by atoms with Crippen LogP contribution in [-0.2, 0) is 12.8 Å². The molecule has 2 aromatic heterocycles. The zero-order valence-corrected chi connectivity index (χ0v) is 11.1. The Bertz CT molecular complexity index is 757. The topological polar surface area (TPSA) is 77.8 Å². The predicted octanol–water partition coefficient (Wildman–Crippen LogP) is 2.78. The molecule has 5 nitrogen and oxygen atoms in total. The number of rotatable bonds is 3. The molecule has 0 atom stereocenters. The molecule has 0 saturated carbocycles. The average Bonchev–Trinajstić information content (AvgIpc) is 2.81. The molecule has 0 aliphatic carbocycles. The van der Waals surface area contributed by atoms with E-state index in [1.807, 2.05) is 0 Å². The van der Waals surface area contributed by atoms with Crippen LogP contribution >= 0.6 is 11.6 Å². The highest BCUT2D eigenvalue weighted by atomic mass is 35.5. The molecule has 2 heterocycles. The van der Waals surface area contributed by atoms with Crippen molar-refractivity contribution in [2.45, 2.75) is 12.8 Å². The van der Waals surface area contributed by atoms with Crippen LogP contribution in [-0.4, -0.2) is 15.0 Å². The molecule has 0 spiro atoms. The number of benzene rings is 1. The van der Waals surface area contributed by atoms with Gasteiger partial charge >= 0.3 is 0 Å². The van der Waals surface area contributed by atoms with E-state index in [0.29, 0.717) is 24.2 Å². The first-order valence-corrected chi connectivity index (χ1v) is 6.32. The number of fused-ring (bicyclic) bond motifs is 1. The third-order valence-electron chi connectivity index (χ3n) is 2.82. The van der Waals surface area contributed by atoms with Gasteiger partial charge < -0.3 is 10.2 Å². The Morgan fingerprint density at radius 3 is 2.60 bits per heavy atom. The Morgan fingerprint density at radius 1 is 1.10 bits per heavy atom. The first-order chi connectivity index (χ1) is 9.61. The van der Waals surface area contributed by atoms with E-state index >= 15 is 0 Å². The molecule has 0 aliphatic rings. The highest BCUT2D eigenvalue weighted by molar-refractivity contribution is 6.33. The molecule has 1 aromatic carbocycles. The Morgan fingerprint density at radius 2 is 1.85 bits per heavy atom. The number of aromatic nitrogens is 3. The van der Waals surface area contributed by atoms with Crippen molar-refractivity contribution in [1.82, 2.24) is 15.0 Å². The summed E-state index contributed by atoms with van der Waals surface area (Å²) in [6.45, 7) is 0. The van der Waals surface area contributed by atoms with Crippen molar-refractivity contribution in [1.29, 1.82) is 0 Å². The van der Waals surface area contributed by atoms with Crippen LogP contribution in [0.4, 0.5) is 10.3 Å². The molecule has 0 aliphatic heterocycles. The largest absolute Gasteiger partial charge is 0.422 e. The van der Waals surface area contributed by atoms with Gasteiger partial charge in [0.1, 0.15) is 5.82 Å². The van der Waals surface area contributed by atoms with Crippen LogP contribution in [0.15, 0.2) is 28.7 Å². The number of hydrogen-bond acceptors (Lipinski definition) is 5. The maximum Gasteiger partial charge on any atom is 0.253 e. The van der Waals surface area contributed by atoms with Gasteiger partial charge in [0, 0.05) is 6.42 Å². The lowest BCUT2D eigenvalue weighted by molar-refractivity contribution is 0.520. The van der Waals surface area contributed by atoms with E-state index in [-0.39, 0.29) is 22.6 Å². The molecule has 20 heavy (non-hydrogen) atoms. The van der Waals surface area contributed by atoms with Crippen LogP contribution in [0.25, 0.3) is 11.2 Å². The van der Waals surface area contributed by atoms with Crippen LogP contribution in [0.2, 0.25) is 5.15 Å². The molecule has 102 valence electrons. The second kappa shape index (κ2) is 5.05. The Labute approximate surface area is 118 Å². The number of anilines is 1. The lowest BCUT2D eigenvalue weighted by atomic mass is 10.1. The molecule has 0 fully saturated rings. The Balaban J connectivity index is 1.81. The van der Waals surface area contributed by atoms with Crippen molar-refractivity contribution in [3.63, 3.8) is 0 Å². The summed E-state index contributed by atoms with van der Waals surface area (Å²) in [5.74, 6) is 0.281. The van der Waals surface area contributed by atoms with E-state index < -0.39 is 0 Å². The zero-order valence-electron chi connectivity index (χ0n) is 10.3. The molecule has 0 amide bonds. The predicted molar refractivity (Wildman–Crippen MR) is 72.8 cm³/mol. The summed E-state index contributed by atoms with van der Waals surface area (Å²) >= 11 is 5.91. The van der Waals surface area contributed by atoms with Crippen LogP contribution < -0.4 is 5.73 Å². The number of halogens is 2. The van der Waals surface area contributed by atoms with Gasteiger partial charge in [-0.25, -0.2) is 9.37 Å². The van der Waals surface area contributed by atoms with Gasteiger partial charge in [0.2, 0.25) is 5.95 Å². The number of hydrogen-bond donors (Lipinski definition) is 1. The smallest absolute Gasteiger partial charge is 0.253 e. The second-order valence-corrected chi connectivity index (χ2v) is 4.62. The van der Waals surface area contributed by atoms with E-state index in [0.717, 1.165) is 5.56 Å². The zero-order chi connectivity index (χ0) is 14.1. The molecule has 7 heteroatoms. The number of nitrogens with zero attached hydrogens (tertiary/aromatic N) is 3. The van der Waals surface area contributed by atoms with E-state index in [2.05, 4.69) is 15.0 Å². The SMILES string of the molecule is Nc1nc(Cl)c2nc(CCc3ccc(F)cc3)oc2n1. The standard InChI is InChI=1S/C13H10ClFN4O/c14-11-10-12(19-13(16)18-11)20-9(17-10)6-3-7-1-4-8(15)5-2-7/h1-2,4-5H,3,6H2,(H2,16,18,19). The van der Waals surface area contributed by atoms with Crippen LogP contribution in [0.3, 0.4) is 0 Å². The molecule has 0 unspecified atom stereocenters. The van der Waals surface area contributed by atoms with Gasteiger partial charge in [-0.2, -0.15) is 9.97 Å². The summed E-state index contributed by atoms with van der Waals surface area (Å²) in [6, 6.07) is 6.29. The second-order valence-electron chi connectivity index (χ2n) is 4.26. The lowest BCUT2D eigenvalue weighted by Gasteiger charge is -1.97. The molecule has 0 bridgehead atoms. The summed E-state index contributed by atoms with van der Waals surface area (Å²) in [5, 5.41) is 0.171. The normalized spacial score (nSPS) is 11.1. The molecule has 0 saturated heterocycles. The molecule has 2 N–H and O–H groups in total. The first-order valence-electron chi connectivity index (χ1n) is 5.95. The van der Waals surface area contributed by atoms with Gasteiger partial charge in [0.25, 0.3) is 5.71 Å². The van der Waals surface area contributed by atoms with Gasteiger partial charge in [-0.15, -0.1) is 0 Å². The fourth-order valence-electron chi connectivity index (χ4n) is 1.86. The maximum absolute atomic E-state index is 12.8.